The van der Waals surface area contributed by atoms with Gasteiger partial charge in [-0.05, 0) is 66.8 Å². The second kappa shape index (κ2) is 8.65. The second-order valence-electron chi connectivity index (χ2n) is 8.80. The van der Waals surface area contributed by atoms with Crippen LogP contribution in [0.2, 0.25) is 0 Å². The molecule has 178 valence electrons. The fourth-order valence-electron chi connectivity index (χ4n) is 4.91. The molecule has 0 bridgehead atoms. The zero-order valence-electron chi connectivity index (χ0n) is 19.4. The van der Waals surface area contributed by atoms with Crippen molar-refractivity contribution >= 4 is 0 Å². The first kappa shape index (κ1) is 22.2. The van der Waals surface area contributed by atoms with Crippen molar-refractivity contribution in [1.29, 1.82) is 0 Å². The van der Waals surface area contributed by atoms with Gasteiger partial charge in [-0.2, -0.15) is 0 Å². The predicted molar refractivity (Wildman–Crippen MR) is 125 cm³/mol. The van der Waals surface area contributed by atoms with Crippen LogP contribution in [0.5, 0.6) is 34.5 Å². The highest BCUT2D eigenvalue weighted by Gasteiger charge is 2.35. The van der Waals surface area contributed by atoms with Crippen LogP contribution in [-0.2, 0) is 12.8 Å². The van der Waals surface area contributed by atoms with Crippen LogP contribution in [0, 0.1) is 6.92 Å². The number of phenolic OH excluding ortho intramolecular Hbond substituents is 2. The number of methoxy groups -OCH3 is 2. The molecule has 0 spiro atoms. The summed E-state index contributed by atoms with van der Waals surface area (Å²) in [7, 11) is 2.92. The van der Waals surface area contributed by atoms with Crippen molar-refractivity contribution in [2.45, 2.75) is 44.5 Å². The van der Waals surface area contributed by atoms with E-state index in [9.17, 15) is 15.3 Å². The number of ether oxygens (including phenoxy) is 4. The smallest absolute Gasteiger partial charge is 0.200 e. The van der Waals surface area contributed by atoms with Gasteiger partial charge in [-0.25, -0.2) is 0 Å². The van der Waals surface area contributed by atoms with Gasteiger partial charge >= 0.3 is 0 Å². The fraction of sp³-hybridized carbons (Fsp3) is 0.333. The number of hydrogen-bond acceptors (Lipinski definition) is 7. The minimum absolute atomic E-state index is 0.0987. The molecule has 2 aliphatic heterocycles. The summed E-state index contributed by atoms with van der Waals surface area (Å²) in [5, 5.41) is 30.8. The summed E-state index contributed by atoms with van der Waals surface area (Å²) in [6.45, 7) is 1.98. The number of aryl methyl sites for hydroxylation is 1. The molecule has 34 heavy (non-hydrogen) atoms. The van der Waals surface area contributed by atoms with Crippen molar-refractivity contribution in [2.75, 3.05) is 14.2 Å². The van der Waals surface area contributed by atoms with Gasteiger partial charge in [0.05, 0.1) is 20.3 Å². The standard InChI is InChI=1S/C27H28O7/c1-14-25-16(6-9-21(33-25)15-4-7-19(28)8-5-15)10-17-11-20(29)27(34-26(14)17)18-12-22(31-2)24(30)23(13-18)32-3/h4-5,7-8,10,12-13,20-21,27-30H,6,9,11H2,1-3H3. The Morgan fingerprint density at radius 2 is 1.50 bits per heavy atom. The topological polar surface area (TPSA) is 97.6 Å². The predicted octanol–water partition coefficient (Wildman–Crippen LogP) is 4.53. The molecule has 0 amide bonds. The summed E-state index contributed by atoms with van der Waals surface area (Å²) >= 11 is 0. The van der Waals surface area contributed by atoms with E-state index in [2.05, 4.69) is 6.07 Å². The first-order chi connectivity index (χ1) is 16.4. The Kier molecular flexibility index (Phi) is 5.65. The van der Waals surface area contributed by atoms with Crippen molar-refractivity contribution in [3.05, 3.63) is 70.3 Å². The van der Waals surface area contributed by atoms with Crippen LogP contribution in [0.25, 0.3) is 0 Å². The van der Waals surface area contributed by atoms with Crippen LogP contribution < -0.4 is 18.9 Å². The van der Waals surface area contributed by atoms with Gasteiger partial charge in [-0.15, -0.1) is 0 Å². The Labute approximate surface area is 198 Å². The van der Waals surface area contributed by atoms with E-state index < -0.39 is 12.2 Å². The van der Waals surface area contributed by atoms with Gasteiger partial charge < -0.3 is 34.3 Å². The van der Waals surface area contributed by atoms with Crippen molar-refractivity contribution in [3.8, 4) is 34.5 Å². The molecule has 5 rings (SSSR count). The first-order valence-corrected chi connectivity index (χ1v) is 11.3. The monoisotopic (exact) mass is 464 g/mol. The van der Waals surface area contributed by atoms with Gasteiger partial charge in [0.2, 0.25) is 5.75 Å². The molecule has 3 unspecified atom stereocenters. The second-order valence-corrected chi connectivity index (χ2v) is 8.80. The Morgan fingerprint density at radius 1 is 0.853 bits per heavy atom. The number of aliphatic hydroxyl groups excluding tert-OH is 1. The average molecular weight is 465 g/mol. The lowest BCUT2D eigenvalue weighted by Gasteiger charge is -2.35. The molecule has 3 N–H and O–H groups in total. The van der Waals surface area contributed by atoms with E-state index in [0.29, 0.717) is 17.7 Å². The summed E-state index contributed by atoms with van der Waals surface area (Å²) in [6, 6.07) is 12.5. The summed E-state index contributed by atoms with van der Waals surface area (Å²) < 4.78 is 23.3. The molecule has 0 fully saturated rings. The van der Waals surface area contributed by atoms with Crippen LogP contribution in [-0.4, -0.2) is 35.6 Å². The quantitative estimate of drug-likeness (QED) is 0.522. The third-order valence-corrected chi connectivity index (χ3v) is 6.67. The Morgan fingerprint density at radius 3 is 2.15 bits per heavy atom. The maximum atomic E-state index is 11.0. The summed E-state index contributed by atoms with van der Waals surface area (Å²) in [4.78, 5) is 0. The Balaban J connectivity index is 1.49. The maximum Gasteiger partial charge on any atom is 0.200 e. The number of phenols is 2. The SMILES string of the molecule is COc1cc(C2Oc3c(cc4c(c3C)OC(c3ccc(O)cc3)CC4)CC2O)cc(OC)c1O. The molecule has 3 atom stereocenters. The van der Waals surface area contributed by atoms with E-state index in [-0.39, 0.29) is 29.1 Å². The average Bonchev–Trinajstić information content (AvgIpc) is 2.84. The number of aromatic hydroxyl groups is 2. The number of fused-ring (bicyclic) bond motifs is 2. The molecule has 7 nitrogen and oxygen atoms in total. The van der Waals surface area contributed by atoms with Crippen LogP contribution >= 0.6 is 0 Å². The van der Waals surface area contributed by atoms with Gasteiger partial charge in [-0.3, -0.25) is 0 Å². The summed E-state index contributed by atoms with van der Waals surface area (Å²) in [6.07, 6.45) is 0.555. The van der Waals surface area contributed by atoms with Gasteiger partial charge in [0, 0.05) is 17.5 Å². The van der Waals surface area contributed by atoms with E-state index in [1.54, 1.807) is 24.3 Å². The van der Waals surface area contributed by atoms with Gasteiger partial charge in [0.15, 0.2) is 17.6 Å². The maximum absolute atomic E-state index is 11.0. The summed E-state index contributed by atoms with van der Waals surface area (Å²) in [5.41, 5.74) is 4.60. The van der Waals surface area contributed by atoms with Crippen LogP contribution in [0.15, 0.2) is 42.5 Å². The molecule has 2 aliphatic rings. The number of rotatable bonds is 4. The largest absolute Gasteiger partial charge is 0.508 e. The van der Waals surface area contributed by atoms with Crippen LogP contribution in [0.4, 0.5) is 0 Å². The highest BCUT2D eigenvalue weighted by Crippen LogP contribution is 2.48. The highest BCUT2D eigenvalue weighted by molar-refractivity contribution is 5.58. The van der Waals surface area contributed by atoms with Crippen LogP contribution in [0.1, 0.15) is 46.4 Å². The minimum Gasteiger partial charge on any atom is -0.508 e. The molecule has 0 aromatic heterocycles. The van der Waals surface area contributed by atoms with E-state index in [1.165, 1.54) is 14.2 Å². The lowest BCUT2D eigenvalue weighted by atomic mass is 9.88. The third-order valence-electron chi connectivity index (χ3n) is 6.67. The van der Waals surface area contributed by atoms with Gasteiger partial charge in [0.1, 0.15) is 23.4 Å². The molecular formula is C27H28O7. The highest BCUT2D eigenvalue weighted by atomic mass is 16.5. The van der Waals surface area contributed by atoms with Gasteiger partial charge in [0.25, 0.3) is 0 Å². The number of benzene rings is 3. The first-order valence-electron chi connectivity index (χ1n) is 11.3. The van der Waals surface area contributed by atoms with Crippen molar-refractivity contribution in [1.82, 2.24) is 0 Å². The minimum atomic E-state index is -0.779. The number of hydrogen-bond donors (Lipinski definition) is 3. The van der Waals surface area contributed by atoms with Crippen molar-refractivity contribution in [3.63, 3.8) is 0 Å². The zero-order chi connectivity index (χ0) is 24.0. The Bertz CT molecular complexity index is 1190. The normalized spacial score (nSPS) is 21.0. The van der Waals surface area contributed by atoms with E-state index in [0.717, 1.165) is 40.8 Å². The summed E-state index contributed by atoms with van der Waals surface area (Å²) in [5.74, 6) is 2.13. The van der Waals surface area contributed by atoms with E-state index in [1.807, 2.05) is 19.1 Å². The molecule has 7 heteroatoms. The molecular weight excluding hydrogens is 436 g/mol. The molecule has 0 saturated heterocycles. The third kappa shape index (κ3) is 3.76. The molecule has 2 heterocycles. The van der Waals surface area contributed by atoms with Crippen molar-refractivity contribution in [2.24, 2.45) is 0 Å². The van der Waals surface area contributed by atoms with E-state index in [4.69, 9.17) is 18.9 Å². The lowest BCUT2D eigenvalue weighted by Crippen LogP contribution is -2.31. The molecule has 0 saturated carbocycles. The molecule has 0 radical (unpaired) electrons. The molecule has 0 aliphatic carbocycles. The zero-order valence-corrected chi connectivity index (χ0v) is 19.4. The fourth-order valence-corrected chi connectivity index (χ4v) is 4.91. The lowest BCUT2D eigenvalue weighted by molar-refractivity contribution is 0.0195. The number of aliphatic hydroxyl groups is 1. The Hall–Kier alpha value is -3.58. The molecule has 3 aromatic carbocycles. The van der Waals surface area contributed by atoms with E-state index >= 15 is 0 Å². The van der Waals surface area contributed by atoms with Gasteiger partial charge in [-0.1, -0.05) is 12.1 Å². The molecule has 3 aromatic rings. The van der Waals surface area contributed by atoms with Crippen LogP contribution in [0.3, 0.4) is 0 Å². The van der Waals surface area contributed by atoms with Crippen molar-refractivity contribution < 1.29 is 34.3 Å².